The van der Waals surface area contributed by atoms with E-state index in [0.717, 1.165) is 0 Å². The number of ether oxygens (including phenoxy) is 1. The number of aromatic carboxylic acids is 1. The summed E-state index contributed by atoms with van der Waals surface area (Å²) >= 11 is 5.75. The Morgan fingerprint density at radius 1 is 1.21 bits per heavy atom. The molecule has 0 amide bonds. The normalized spacial score (nSPS) is 10.2. The molecule has 0 bridgehead atoms. The highest BCUT2D eigenvalue weighted by atomic mass is 35.5. The molecule has 0 aliphatic carbocycles. The Balaban J connectivity index is 2.15. The average Bonchev–Trinajstić information content (AvgIpc) is 2.39. The summed E-state index contributed by atoms with van der Waals surface area (Å²) in [6, 6.07) is 10.1. The highest BCUT2D eigenvalue weighted by Gasteiger charge is 2.11. The van der Waals surface area contributed by atoms with Gasteiger partial charge in [0.1, 0.15) is 18.2 Å². The van der Waals surface area contributed by atoms with Gasteiger partial charge >= 0.3 is 5.97 Å². The van der Waals surface area contributed by atoms with Crippen LogP contribution in [0.25, 0.3) is 0 Å². The minimum absolute atomic E-state index is 0.0738. The van der Waals surface area contributed by atoms with Gasteiger partial charge in [-0.1, -0.05) is 17.7 Å². The number of hydrogen-bond donors (Lipinski definition) is 1. The summed E-state index contributed by atoms with van der Waals surface area (Å²) in [5.74, 6) is -0.960. The lowest BCUT2D eigenvalue weighted by Crippen LogP contribution is -2.05. The molecule has 0 aromatic heterocycles. The first-order valence-corrected chi connectivity index (χ1v) is 5.84. The molecule has 0 radical (unpaired) electrons. The van der Waals surface area contributed by atoms with Crippen molar-refractivity contribution < 1.29 is 19.0 Å². The van der Waals surface area contributed by atoms with E-state index in [9.17, 15) is 9.18 Å². The molecule has 0 saturated heterocycles. The summed E-state index contributed by atoms with van der Waals surface area (Å²) in [5, 5.41) is 9.41. The van der Waals surface area contributed by atoms with Gasteiger partial charge in [0.05, 0.1) is 5.56 Å². The Morgan fingerprint density at radius 3 is 2.53 bits per heavy atom. The summed E-state index contributed by atoms with van der Waals surface area (Å²) < 4.78 is 18.1. The van der Waals surface area contributed by atoms with E-state index in [1.807, 2.05) is 0 Å². The molecule has 0 aliphatic rings. The molecule has 5 heteroatoms. The largest absolute Gasteiger partial charge is 0.489 e. The van der Waals surface area contributed by atoms with Gasteiger partial charge in [-0.05, 0) is 36.4 Å². The maximum absolute atomic E-state index is 12.7. The van der Waals surface area contributed by atoms with Crippen LogP contribution in [0, 0.1) is 5.82 Å². The van der Waals surface area contributed by atoms with E-state index in [2.05, 4.69) is 0 Å². The summed E-state index contributed by atoms with van der Waals surface area (Å²) in [6.45, 7) is 0.0738. The van der Waals surface area contributed by atoms with Crippen molar-refractivity contribution in [3.63, 3.8) is 0 Å². The smallest absolute Gasteiger partial charge is 0.336 e. The molecule has 1 N–H and O–H groups in total. The fourth-order valence-corrected chi connectivity index (χ4v) is 1.74. The van der Waals surface area contributed by atoms with Crippen molar-refractivity contribution >= 4 is 17.6 Å². The molecule has 0 spiro atoms. The molecule has 2 rings (SSSR count). The third-order valence-electron chi connectivity index (χ3n) is 2.51. The maximum atomic E-state index is 12.7. The maximum Gasteiger partial charge on any atom is 0.336 e. The third kappa shape index (κ3) is 3.45. The predicted molar refractivity (Wildman–Crippen MR) is 69.1 cm³/mol. The van der Waals surface area contributed by atoms with Gasteiger partial charge in [0, 0.05) is 10.6 Å². The summed E-state index contributed by atoms with van der Waals surface area (Å²) in [5.41, 5.74) is 0.593. The fraction of sp³-hybridized carbons (Fsp3) is 0.0714. The van der Waals surface area contributed by atoms with E-state index < -0.39 is 5.97 Å². The number of hydrogen-bond acceptors (Lipinski definition) is 2. The Bertz CT molecular complexity index is 596. The van der Waals surface area contributed by atoms with E-state index in [-0.39, 0.29) is 18.0 Å². The van der Waals surface area contributed by atoms with Crippen LogP contribution < -0.4 is 4.74 Å². The first-order valence-electron chi connectivity index (χ1n) is 5.46. The zero-order valence-corrected chi connectivity index (χ0v) is 10.5. The molecule has 0 atom stereocenters. The van der Waals surface area contributed by atoms with Crippen LogP contribution >= 0.6 is 11.6 Å². The van der Waals surface area contributed by atoms with E-state index in [1.165, 1.54) is 30.3 Å². The quantitative estimate of drug-likeness (QED) is 0.927. The Labute approximate surface area is 114 Å². The van der Waals surface area contributed by atoms with E-state index in [0.29, 0.717) is 16.3 Å². The number of carbonyl (C=O) groups is 1. The number of carboxylic acids is 1. The van der Waals surface area contributed by atoms with Crippen molar-refractivity contribution in [2.45, 2.75) is 6.61 Å². The molecule has 0 fully saturated rings. The van der Waals surface area contributed by atoms with Crippen molar-refractivity contribution in [2.24, 2.45) is 0 Å². The summed E-state index contributed by atoms with van der Waals surface area (Å²) in [6.07, 6.45) is 0. The lowest BCUT2D eigenvalue weighted by atomic mass is 10.1. The van der Waals surface area contributed by atoms with Crippen LogP contribution in [0.15, 0.2) is 42.5 Å². The molecule has 3 nitrogen and oxygen atoms in total. The van der Waals surface area contributed by atoms with Crippen molar-refractivity contribution in [2.75, 3.05) is 0 Å². The monoisotopic (exact) mass is 280 g/mol. The third-order valence-corrected chi connectivity index (χ3v) is 2.75. The fourth-order valence-electron chi connectivity index (χ4n) is 1.57. The molecule has 2 aromatic carbocycles. The number of halogens is 2. The van der Waals surface area contributed by atoms with Crippen molar-refractivity contribution in [1.29, 1.82) is 0 Å². The van der Waals surface area contributed by atoms with Gasteiger partial charge in [0.2, 0.25) is 0 Å². The van der Waals surface area contributed by atoms with Gasteiger partial charge in [-0.25, -0.2) is 9.18 Å². The van der Waals surface area contributed by atoms with Gasteiger partial charge in [-0.3, -0.25) is 0 Å². The molecular formula is C14H10ClFO3. The number of benzene rings is 2. The van der Waals surface area contributed by atoms with Crippen LogP contribution in [0.1, 0.15) is 15.9 Å². The second-order valence-corrected chi connectivity index (χ2v) is 4.29. The highest BCUT2D eigenvalue weighted by Crippen LogP contribution is 2.19. The van der Waals surface area contributed by atoms with Gasteiger partial charge in [-0.2, -0.15) is 0 Å². The van der Waals surface area contributed by atoms with Crippen molar-refractivity contribution in [3.05, 3.63) is 64.4 Å². The molecule has 0 saturated carbocycles. The summed E-state index contributed by atoms with van der Waals surface area (Å²) in [4.78, 5) is 11.1. The zero-order valence-electron chi connectivity index (χ0n) is 9.77. The molecule has 98 valence electrons. The molecule has 0 unspecified atom stereocenters. The molecule has 0 heterocycles. The molecule has 19 heavy (non-hydrogen) atoms. The van der Waals surface area contributed by atoms with E-state index in [4.69, 9.17) is 21.4 Å². The summed E-state index contributed by atoms with van der Waals surface area (Å²) in [7, 11) is 0. The van der Waals surface area contributed by atoms with E-state index >= 15 is 0 Å². The first kappa shape index (κ1) is 13.4. The topological polar surface area (TPSA) is 46.5 Å². The van der Waals surface area contributed by atoms with Gasteiger partial charge in [0.15, 0.2) is 0 Å². The minimum atomic E-state index is -1.07. The Hall–Kier alpha value is -2.07. The van der Waals surface area contributed by atoms with Gasteiger partial charge in [-0.15, -0.1) is 0 Å². The Kier molecular flexibility index (Phi) is 4.02. The minimum Gasteiger partial charge on any atom is -0.489 e. The van der Waals surface area contributed by atoms with Crippen LogP contribution in [0.5, 0.6) is 5.75 Å². The van der Waals surface area contributed by atoms with Crippen LogP contribution in [-0.4, -0.2) is 11.1 Å². The predicted octanol–water partition coefficient (Wildman–Crippen LogP) is 3.76. The number of carboxylic acid groups (broad SMARTS) is 1. The highest BCUT2D eigenvalue weighted by molar-refractivity contribution is 6.30. The van der Waals surface area contributed by atoms with Crippen LogP contribution in [0.4, 0.5) is 4.39 Å². The second kappa shape index (κ2) is 5.71. The SMILES string of the molecule is O=C(O)c1cc(Cl)ccc1COc1ccc(F)cc1. The Morgan fingerprint density at radius 2 is 1.89 bits per heavy atom. The number of rotatable bonds is 4. The van der Waals surface area contributed by atoms with Crippen molar-refractivity contribution in [3.8, 4) is 5.75 Å². The van der Waals surface area contributed by atoms with E-state index in [1.54, 1.807) is 12.1 Å². The zero-order chi connectivity index (χ0) is 13.8. The van der Waals surface area contributed by atoms with Crippen LogP contribution in [-0.2, 0) is 6.61 Å². The lowest BCUT2D eigenvalue weighted by molar-refractivity contribution is 0.0694. The first-order chi connectivity index (χ1) is 9.06. The van der Waals surface area contributed by atoms with Crippen molar-refractivity contribution in [1.82, 2.24) is 0 Å². The average molecular weight is 281 g/mol. The van der Waals surface area contributed by atoms with Crippen LogP contribution in [0.3, 0.4) is 0 Å². The van der Waals surface area contributed by atoms with Crippen LogP contribution in [0.2, 0.25) is 5.02 Å². The van der Waals surface area contributed by atoms with Gasteiger partial charge in [0.25, 0.3) is 0 Å². The second-order valence-electron chi connectivity index (χ2n) is 3.85. The lowest BCUT2D eigenvalue weighted by Gasteiger charge is -2.09. The molecule has 2 aromatic rings. The molecular weight excluding hydrogens is 271 g/mol. The molecule has 0 aliphatic heterocycles. The standard InChI is InChI=1S/C14H10ClFO3/c15-10-2-1-9(13(7-10)14(17)18)8-19-12-5-3-11(16)4-6-12/h1-7H,8H2,(H,17,18). The van der Waals surface area contributed by atoms with Gasteiger partial charge < -0.3 is 9.84 Å².